The van der Waals surface area contributed by atoms with Crippen LogP contribution in [0.1, 0.15) is 16.8 Å². The van der Waals surface area contributed by atoms with Crippen LogP contribution in [0.5, 0.6) is 17.4 Å². The number of hydrogen-bond donors (Lipinski definition) is 1. The Morgan fingerprint density at radius 2 is 2.15 bits per heavy atom. The highest BCUT2D eigenvalue weighted by molar-refractivity contribution is 6.32. The molecule has 138 valence electrons. The van der Waals surface area contributed by atoms with Crippen LogP contribution in [-0.4, -0.2) is 44.4 Å². The van der Waals surface area contributed by atoms with Crippen LogP contribution >= 0.6 is 11.6 Å². The highest BCUT2D eigenvalue weighted by Crippen LogP contribution is 2.30. The molecule has 1 amide bonds. The number of carbonyl (C=O) groups is 1. The molecule has 1 fully saturated rings. The molecule has 0 spiro atoms. The number of pyridine rings is 1. The lowest BCUT2D eigenvalue weighted by Crippen LogP contribution is -2.17. The Morgan fingerprint density at radius 1 is 1.31 bits per heavy atom. The van der Waals surface area contributed by atoms with Crippen molar-refractivity contribution in [3.63, 3.8) is 0 Å². The Bertz CT molecular complexity index is 793. The monoisotopic (exact) mass is 378 g/mol. The van der Waals surface area contributed by atoms with Crippen LogP contribution < -0.4 is 19.5 Å². The fourth-order valence-electron chi connectivity index (χ4n) is 2.51. The topological polar surface area (TPSA) is 78.9 Å². The van der Waals surface area contributed by atoms with Crippen molar-refractivity contribution in [2.24, 2.45) is 0 Å². The molecule has 1 atom stereocenters. The second kappa shape index (κ2) is 8.25. The largest absolute Gasteiger partial charge is 0.497 e. The summed E-state index contributed by atoms with van der Waals surface area (Å²) in [5.41, 5.74) is 0.784. The van der Waals surface area contributed by atoms with Gasteiger partial charge in [0.2, 0.25) is 5.88 Å². The lowest BCUT2D eigenvalue weighted by atomic mass is 10.2. The van der Waals surface area contributed by atoms with Gasteiger partial charge < -0.3 is 24.3 Å². The summed E-state index contributed by atoms with van der Waals surface area (Å²) in [6, 6.07) is 6.64. The van der Waals surface area contributed by atoms with Crippen molar-refractivity contribution < 1.29 is 23.7 Å². The van der Waals surface area contributed by atoms with E-state index in [1.165, 1.54) is 19.4 Å². The molecule has 1 aliphatic rings. The van der Waals surface area contributed by atoms with E-state index < -0.39 is 0 Å². The van der Waals surface area contributed by atoms with Crippen LogP contribution in [0.4, 0.5) is 5.69 Å². The van der Waals surface area contributed by atoms with Crippen LogP contribution in [-0.2, 0) is 4.74 Å². The van der Waals surface area contributed by atoms with Gasteiger partial charge in [0.25, 0.3) is 5.91 Å². The Balaban J connectivity index is 1.74. The molecule has 0 aliphatic carbocycles. The predicted octanol–water partition coefficient (Wildman–Crippen LogP) is 3.17. The maximum absolute atomic E-state index is 12.5. The highest BCUT2D eigenvalue weighted by Gasteiger charge is 2.20. The van der Waals surface area contributed by atoms with Crippen molar-refractivity contribution >= 4 is 23.2 Å². The molecule has 7 nitrogen and oxygen atoms in total. The molecule has 0 saturated carbocycles. The summed E-state index contributed by atoms with van der Waals surface area (Å²) in [6.07, 6.45) is 2.13. The first-order valence-corrected chi connectivity index (χ1v) is 8.42. The number of halogens is 1. The minimum absolute atomic E-state index is 0.0688. The van der Waals surface area contributed by atoms with Gasteiger partial charge in [-0.3, -0.25) is 4.79 Å². The average Bonchev–Trinajstić information content (AvgIpc) is 3.16. The fourth-order valence-corrected chi connectivity index (χ4v) is 2.72. The van der Waals surface area contributed by atoms with Crippen molar-refractivity contribution in [2.75, 3.05) is 32.8 Å². The number of nitrogens with one attached hydrogen (secondary N) is 1. The van der Waals surface area contributed by atoms with E-state index >= 15 is 0 Å². The number of anilines is 1. The molecule has 2 aromatic rings. The quantitative estimate of drug-likeness (QED) is 0.831. The molecular weight excluding hydrogens is 360 g/mol. The third-order valence-corrected chi connectivity index (χ3v) is 4.16. The predicted molar refractivity (Wildman–Crippen MR) is 96.6 cm³/mol. The van der Waals surface area contributed by atoms with E-state index in [1.807, 2.05) is 0 Å². The number of carbonyl (C=O) groups excluding carboxylic acids is 1. The van der Waals surface area contributed by atoms with Crippen LogP contribution in [0, 0.1) is 0 Å². The van der Waals surface area contributed by atoms with Gasteiger partial charge in [-0.15, -0.1) is 0 Å². The normalized spacial score (nSPS) is 16.2. The summed E-state index contributed by atoms with van der Waals surface area (Å²) >= 11 is 6.21. The SMILES string of the molecule is COc1ccc(OC)c(NC(=O)c2cnc(OC3CCOC3)c(Cl)c2)c1. The minimum atomic E-state index is -0.373. The van der Waals surface area contributed by atoms with Gasteiger partial charge in [-0.2, -0.15) is 0 Å². The number of ether oxygens (including phenoxy) is 4. The van der Waals surface area contributed by atoms with Gasteiger partial charge in [0, 0.05) is 18.7 Å². The third-order valence-electron chi connectivity index (χ3n) is 3.89. The summed E-state index contributed by atoms with van der Waals surface area (Å²) in [7, 11) is 3.07. The highest BCUT2D eigenvalue weighted by atomic mass is 35.5. The van der Waals surface area contributed by atoms with E-state index in [4.69, 9.17) is 30.5 Å². The van der Waals surface area contributed by atoms with E-state index in [0.717, 1.165) is 6.42 Å². The molecule has 1 N–H and O–H groups in total. The zero-order valence-corrected chi connectivity index (χ0v) is 15.2. The smallest absolute Gasteiger partial charge is 0.257 e. The summed E-state index contributed by atoms with van der Waals surface area (Å²) in [5, 5.41) is 3.03. The number of benzene rings is 1. The molecule has 3 rings (SSSR count). The Hall–Kier alpha value is -2.51. The minimum Gasteiger partial charge on any atom is -0.497 e. The first-order valence-electron chi connectivity index (χ1n) is 8.04. The number of amides is 1. The van der Waals surface area contributed by atoms with Crippen LogP contribution in [0.3, 0.4) is 0 Å². The summed E-state index contributed by atoms with van der Waals surface area (Å²) < 4.78 is 21.4. The summed E-state index contributed by atoms with van der Waals surface area (Å²) in [4.78, 5) is 16.7. The lowest BCUT2D eigenvalue weighted by Gasteiger charge is -2.14. The van der Waals surface area contributed by atoms with Crippen molar-refractivity contribution in [1.29, 1.82) is 0 Å². The number of methoxy groups -OCH3 is 2. The van der Waals surface area contributed by atoms with Crippen LogP contribution in [0.15, 0.2) is 30.5 Å². The second-order valence-electron chi connectivity index (χ2n) is 5.63. The zero-order chi connectivity index (χ0) is 18.5. The summed E-state index contributed by atoms with van der Waals surface area (Å²) in [5.74, 6) is 1.03. The molecule has 0 bridgehead atoms. The first kappa shape index (κ1) is 18.3. The van der Waals surface area contributed by atoms with E-state index in [1.54, 1.807) is 25.3 Å². The van der Waals surface area contributed by atoms with Crippen molar-refractivity contribution in [3.05, 3.63) is 41.0 Å². The third kappa shape index (κ3) is 4.17. The van der Waals surface area contributed by atoms with E-state index in [-0.39, 0.29) is 22.9 Å². The van der Waals surface area contributed by atoms with Gasteiger partial charge in [0.1, 0.15) is 22.6 Å². The van der Waals surface area contributed by atoms with Gasteiger partial charge in [0.15, 0.2) is 0 Å². The zero-order valence-electron chi connectivity index (χ0n) is 14.5. The molecular formula is C18H19ClN2O5. The van der Waals surface area contributed by atoms with Crippen LogP contribution in [0.2, 0.25) is 5.02 Å². The number of hydrogen-bond acceptors (Lipinski definition) is 6. The Morgan fingerprint density at radius 3 is 2.81 bits per heavy atom. The van der Waals surface area contributed by atoms with Crippen molar-refractivity contribution in [1.82, 2.24) is 4.98 Å². The fraction of sp³-hybridized carbons (Fsp3) is 0.333. The first-order chi connectivity index (χ1) is 12.6. The Labute approximate surface area is 156 Å². The second-order valence-corrected chi connectivity index (χ2v) is 6.04. The molecule has 1 aromatic carbocycles. The Kier molecular flexibility index (Phi) is 5.80. The van der Waals surface area contributed by atoms with Crippen molar-refractivity contribution in [2.45, 2.75) is 12.5 Å². The molecule has 2 heterocycles. The molecule has 26 heavy (non-hydrogen) atoms. The van der Waals surface area contributed by atoms with Gasteiger partial charge in [-0.25, -0.2) is 4.98 Å². The van der Waals surface area contributed by atoms with E-state index in [9.17, 15) is 4.79 Å². The molecule has 1 unspecified atom stereocenters. The number of aromatic nitrogens is 1. The molecule has 1 aliphatic heterocycles. The van der Waals surface area contributed by atoms with Gasteiger partial charge in [-0.05, 0) is 18.2 Å². The molecule has 1 saturated heterocycles. The molecule has 0 radical (unpaired) electrons. The number of rotatable bonds is 6. The van der Waals surface area contributed by atoms with Gasteiger partial charge in [0.05, 0.1) is 38.7 Å². The van der Waals surface area contributed by atoms with Gasteiger partial charge in [-0.1, -0.05) is 11.6 Å². The molecule has 1 aromatic heterocycles. The van der Waals surface area contributed by atoms with Gasteiger partial charge >= 0.3 is 0 Å². The van der Waals surface area contributed by atoms with E-state index in [0.29, 0.717) is 36.0 Å². The molecule has 8 heteroatoms. The van der Waals surface area contributed by atoms with Crippen molar-refractivity contribution in [3.8, 4) is 17.4 Å². The lowest BCUT2D eigenvalue weighted by molar-refractivity contribution is 0.102. The van der Waals surface area contributed by atoms with E-state index in [2.05, 4.69) is 10.3 Å². The summed E-state index contributed by atoms with van der Waals surface area (Å²) in [6.45, 7) is 1.17. The number of nitrogens with zero attached hydrogens (tertiary/aromatic N) is 1. The maximum Gasteiger partial charge on any atom is 0.257 e. The maximum atomic E-state index is 12.5. The van der Waals surface area contributed by atoms with Crippen LogP contribution in [0.25, 0.3) is 0 Å². The average molecular weight is 379 g/mol. The standard InChI is InChI=1S/C18H19ClN2O5/c1-23-12-3-4-16(24-2)15(8-12)21-17(22)11-7-14(19)18(20-9-11)26-13-5-6-25-10-13/h3-4,7-9,13H,5-6,10H2,1-2H3,(H,21,22).